The molecular weight excluding hydrogens is 250 g/mol. The quantitative estimate of drug-likeness (QED) is 0.553. The smallest absolute Gasteiger partial charge is 0.0968 e. The van der Waals surface area contributed by atoms with E-state index in [2.05, 4.69) is 24.0 Å². The van der Waals surface area contributed by atoms with Crippen molar-refractivity contribution in [3.8, 4) is 12.1 Å². The van der Waals surface area contributed by atoms with E-state index < -0.39 is 0 Å². The van der Waals surface area contributed by atoms with E-state index in [4.69, 9.17) is 15.3 Å². The Kier molecular flexibility index (Phi) is 7.76. The Bertz CT molecular complexity index is 473. The Labute approximate surface area is 120 Å². The molecule has 0 amide bonds. The van der Waals surface area contributed by atoms with Gasteiger partial charge in [0.25, 0.3) is 0 Å². The Hall–Kier alpha value is -2.14. The number of nitrogens with zero attached hydrogens (tertiary/aromatic N) is 2. The van der Waals surface area contributed by atoms with Crippen molar-refractivity contribution in [2.75, 3.05) is 13.2 Å². The lowest BCUT2D eigenvalue weighted by atomic mass is 10.1. The van der Waals surface area contributed by atoms with E-state index >= 15 is 0 Å². The van der Waals surface area contributed by atoms with Gasteiger partial charge in [0.1, 0.15) is 0 Å². The first-order valence-electron chi connectivity index (χ1n) is 6.58. The van der Waals surface area contributed by atoms with E-state index in [-0.39, 0.29) is 12.1 Å². The van der Waals surface area contributed by atoms with Crippen molar-refractivity contribution < 1.29 is 4.74 Å². The molecule has 4 nitrogen and oxygen atoms in total. The Morgan fingerprint density at radius 1 is 1.30 bits per heavy atom. The molecule has 4 heteroatoms. The summed E-state index contributed by atoms with van der Waals surface area (Å²) in [7, 11) is 0. The first-order chi connectivity index (χ1) is 9.81. The van der Waals surface area contributed by atoms with Gasteiger partial charge >= 0.3 is 0 Å². The number of hydrogen-bond acceptors (Lipinski definition) is 4. The molecule has 2 atom stereocenters. The molecule has 0 radical (unpaired) electrons. The fraction of sp³-hybridized carbons (Fsp3) is 0.375. The van der Waals surface area contributed by atoms with Crippen molar-refractivity contribution in [1.29, 1.82) is 10.5 Å². The van der Waals surface area contributed by atoms with Crippen LogP contribution in [0.5, 0.6) is 0 Å². The predicted molar refractivity (Wildman–Crippen MR) is 77.6 cm³/mol. The third kappa shape index (κ3) is 5.67. The zero-order chi connectivity index (χ0) is 14.6. The first kappa shape index (κ1) is 15.9. The average Bonchev–Trinajstić information content (AvgIpc) is 2.50. The summed E-state index contributed by atoms with van der Waals surface area (Å²) in [6.07, 6.45) is 2.57. The summed E-state index contributed by atoms with van der Waals surface area (Å²) >= 11 is 0. The fourth-order valence-electron chi connectivity index (χ4n) is 1.83. The van der Waals surface area contributed by atoms with E-state index in [0.29, 0.717) is 26.1 Å². The normalized spacial score (nSPS) is 12.9. The van der Waals surface area contributed by atoms with Gasteiger partial charge in [0.05, 0.1) is 37.4 Å². The summed E-state index contributed by atoms with van der Waals surface area (Å²) in [5.74, 6) is 0. The van der Waals surface area contributed by atoms with Crippen LogP contribution in [0.15, 0.2) is 43.0 Å². The van der Waals surface area contributed by atoms with Crippen molar-refractivity contribution in [3.05, 3.63) is 48.6 Å². The standard InChI is InChI=1S/C16H19N3O/c1-2-11-20-13-16(14-7-4-3-5-8-14)19-15(12-18)9-6-10-17/h2-5,7-8,15-16,19H,1,6,9,11,13H2/t15-,16-/m0/s1. The van der Waals surface area contributed by atoms with Crippen LogP contribution in [0.25, 0.3) is 0 Å². The van der Waals surface area contributed by atoms with Crippen LogP contribution in [0.3, 0.4) is 0 Å². The van der Waals surface area contributed by atoms with Crippen LogP contribution in [-0.4, -0.2) is 19.3 Å². The van der Waals surface area contributed by atoms with Crippen molar-refractivity contribution >= 4 is 0 Å². The highest BCUT2D eigenvalue weighted by molar-refractivity contribution is 5.19. The number of benzene rings is 1. The second-order valence-corrected chi connectivity index (χ2v) is 4.33. The van der Waals surface area contributed by atoms with Gasteiger partial charge in [0.15, 0.2) is 0 Å². The highest BCUT2D eigenvalue weighted by atomic mass is 16.5. The zero-order valence-corrected chi connectivity index (χ0v) is 11.5. The van der Waals surface area contributed by atoms with Gasteiger partial charge in [-0.3, -0.25) is 5.32 Å². The van der Waals surface area contributed by atoms with Gasteiger partial charge < -0.3 is 4.74 Å². The van der Waals surface area contributed by atoms with Gasteiger partial charge in [0, 0.05) is 6.42 Å². The van der Waals surface area contributed by atoms with Crippen LogP contribution < -0.4 is 5.32 Å². The summed E-state index contributed by atoms with van der Waals surface area (Å²) in [4.78, 5) is 0. The van der Waals surface area contributed by atoms with Crippen molar-refractivity contribution in [3.63, 3.8) is 0 Å². The molecule has 104 valence electrons. The summed E-state index contributed by atoms with van der Waals surface area (Å²) in [5, 5.41) is 21.0. The van der Waals surface area contributed by atoms with Crippen molar-refractivity contribution in [2.24, 2.45) is 0 Å². The molecule has 1 aromatic carbocycles. The van der Waals surface area contributed by atoms with Crippen LogP contribution in [0, 0.1) is 22.7 Å². The Balaban J connectivity index is 2.69. The topological polar surface area (TPSA) is 68.8 Å². The van der Waals surface area contributed by atoms with Gasteiger partial charge in [-0.05, 0) is 12.0 Å². The maximum Gasteiger partial charge on any atom is 0.0968 e. The second-order valence-electron chi connectivity index (χ2n) is 4.33. The van der Waals surface area contributed by atoms with Crippen molar-refractivity contribution in [2.45, 2.75) is 24.9 Å². The van der Waals surface area contributed by atoms with E-state index in [1.165, 1.54) is 0 Å². The van der Waals surface area contributed by atoms with E-state index in [1.54, 1.807) is 6.08 Å². The first-order valence-corrected chi connectivity index (χ1v) is 6.58. The van der Waals surface area contributed by atoms with Crippen LogP contribution >= 0.6 is 0 Å². The van der Waals surface area contributed by atoms with E-state index in [0.717, 1.165) is 5.56 Å². The maximum absolute atomic E-state index is 9.14. The summed E-state index contributed by atoms with van der Waals surface area (Å²) in [5.41, 5.74) is 1.06. The number of ether oxygens (including phenoxy) is 1. The predicted octanol–water partition coefficient (Wildman–Crippen LogP) is 2.72. The number of nitrogens with one attached hydrogen (secondary N) is 1. The van der Waals surface area contributed by atoms with Gasteiger partial charge in [-0.25, -0.2) is 0 Å². The molecule has 0 fully saturated rings. The summed E-state index contributed by atoms with van der Waals surface area (Å²) in [6, 6.07) is 13.7. The molecule has 0 spiro atoms. The SMILES string of the molecule is C=CCOC[C@H](N[C@H](C#N)CCC#N)c1ccccc1. The Morgan fingerprint density at radius 3 is 2.65 bits per heavy atom. The second kappa shape index (κ2) is 9.75. The molecule has 1 aromatic rings. The van der Waals surface area contributed by atoms with Crippen molar-refractivity contribution in [1.82, 2.24) is 5.32 Å². The summed E-state index contributed by atoms with van der Waals surface area (Å²) in [6.45, 7) is 4.55. The minimum absolute atomic E-state index is 0.0699. The number of hydrogen-bond donors (Lipinski definition) is 1. The lowest BCUT2D eigenvalue weighted by Gasteiger charge is -2.21. The minimum Gasteiger partial charge on any atom is -0.375 e. The molecule has 0 saturated carbocycles. The average molecular weight is 269 g/mol. The molecule has 0 aliphatic rings. The van der Waals surface area contributed by atoms with Crippen LogP contribution in [0.2, 0.25) is 0 Å². The van der Waals surface area contributed by atoms with Crippen LogP contribution in [0.1, 0.15) is 24.4 Å². The summed E-state index contributed by atoms with van der Waals surface area (Å²) < 4.78 is 5.49. The largest absolute Gasteiger partial charge is 0.375 e. The highest BCUT2D eigenvalue weighted by Gasteiger charge is 2.16. The molecule has 0 saturated heterocycles. The Morgan fingerprint density at radius 2 is 2.05 bits per heavy atom. The third-order valence-corrected chi connectivity index (χ3v) is 2.83. The lowest BCUT2D eigenvalue weighted by Crippen LogP contribution is -2.34. The maximum atomic E-state index is 9.14. The molecule has 0 heterocycles. The molecule has 0 aliphatic carbocycles. The molecule has 0 bridgehead atoms. The highest BCUT2D eigenvalue weighted by Crippen LogP contribution is 2.15. The monoisotopic (exact) mass is 269 g/mol. The van der Waals surface area contributed by atoms with Gasteiger partial charge in [-0.1, -0.05) is 36.4 Å². The zero-order valence-electron chi connectivity index (χ0n) is 11.5. The van der Waals surface area contributed by atoms with Gasteiger partial charge in [-0.15, -0.1) is 6.58 Å². The molecule has 0 unspecified atom stereocenters. The third-order valence-electron chi connectivity index (χ3n) is 2.83. The van der Waals surface area contributed by atoms with E-state index in [1.807, 2.05) is 30.3 Å². The molecule has 1 N–H and O–H groups in total. The van der Waals surface area contributed by atoms with Gasteiger partial charge in [-0.2, -0.15) is 10.5 Å². The van der Waals surface area contributed by atoms with Gasteiger partial charge in [0.2, 0.25) is 0 Å². The molecular formula is C16H19N3O. The molecule has 0 aromatic heterocycles. The van der Waals surface area contributed by atoms with E-state index in [9.17, 15) is 0 Å². The van der Waals surface area contributed by atoms with Crippen LogP contribution in [-0.2, 0) is 4.74 Å². The number of nitriles is 2. The number of rotatable bonds is 9. The molecule has 1 rings (SSSR count). The lowest BCUT2D eigenvalue weighted by molar-refractivity contribution is 0.133. The fourth-order valence-corrected chi connectivity index (χ4v) is 1.83. The molecule has 0 aliphatic heterocycles. The van der Waals surface area contributed by atoms with Crippen LogP contribution in [0.4, 0.5) is 0 Å². The molecule has 20 heavy (non-hydrogen) atoms. The minimum atomic E-state index is -0.354.